The highest BCUT2D eigenvalue weighted by Gasteiger charge is 2.15. The Kier molecular flexibility index (Phi) is 6.81. The van der Waals surface area contributed by atoms with E-state index in [1.54, 1.807) is 6.92 Å². The first kappa shape index (κ1) is 22.2. The maximum atomic E-state index is 11.6. The summed E-state index contributed by atoms with van der Waals surface area (Å²) < 4.78 is 2.00. The van der Waals surface area contributed by atoms with Crippen LogP contribution in [0.1, 0.15) is 39.3 Å². The smallest absolute Gasteiger partial charge is 0.259 e. The van der Waals surface area contributed by atoms with Gasteiger partial charge in [0.2, 0.25) is 0 Å². The summed E-state index contributed by atoms with van der Waals surface area (Å²) in [6.45, 7) is 8.30. The summed E-state index contributed by atoms with van der Waals surface area (Å²) in [6.07, 6.45) is 2.26. The number of carbonyl (C=O) groups excluding carboxylic acids is 1. The number of hydrogen-bond donors (Lipinski definition) is 1. The van der Waals surface area contributed by atoms with Gasteiger partial charge in [-0.2, -0.15) is 5.26 Å². The van der Waals surface area contributed by atoms with Crippen molar-refractivity contribution in [3.8, 4) is 17.3 Å². The second-order valence-corrected chi connectivity index (χ2v) is 7.87. The molecule has 0 aliphatic heterocycles. The van der Waals surface area contributed by atoms with E-state index in [0.29, 0.717) is 5.57 Å². The lowest BCUT2D eigenvalue weighted by atomic mass is 10.0. The van der Waals surface area contributed by atoms with Crippen molar-refractivity contribution < 1.29 is 4.79 Å². The SMILES string of the molecule is CCCN(CCC)c1ccc2cc(-c3ccc(C(C)=C(C#N)C(N)=O)n3C)ccc2c1. The maximum Gasteiger partial charge on any atom is 0.259 e. The minimum Gasteiger partial charge on any atom is -0.372 e. The molecular formula is C26H30N4O. The zero-order valence-electron chi connectivity index (χ0n) is 18.8. The highest BCUT2D eigenvalue weighted by atomic mass is 16.1. The molecule has 3 rings (SSSR count). The van der Waals surface area contributed by atoms with Crippen LogP contribution in [0.15, 0.2) is 54.1 Å². The first-order valence-corrected chi connectivity index (χ1v) is 10.8. The van der Waals surface area contributed by atoms with E-state index in [1.807, 2.05) is 29.8 Å². The van der Waals surface area contributed by atoms with Gasteiger partial charge in [-0.15, -0.1) is 0 Å². The second-order valence-electron chi connectivity index (χ2n) is 7.87. The van der Waals surface area contributed by atoms with Gasteiger partial charge in [-0.25, -0.2) is 0 Å². The number of aromatic nitrogens is 1. The Hall–Kier alpha value is -3.52. The molecule has 3 aromatic rings. The van der Waals surface area contributed by atoms with Crippen LogP contribution in [0.25, 0.3) is 27.6 Å². The zero-order chi connectivity index (χ0) is 22.5. The molecule has 0 radical (unpaired) electrons. The normalized spacial score (nSPS) is 11.8. The van der Waals surface area contributed by atoms with Crippen LogP contribution in [0.4, 0.5) is 5.69 Å². The standard InChI is InChI=1S/C26H30N4O/c1-5-13-30(14-6-2)22-10-9-19-15-21(8-7-20(19)16-22)25-12-11-24(29(25)4)18(3)23(17-27)26(28)31/h7-12,15-16H,5-6,13-14H2,1-4H3,(H2,28,31). The van der Waals surface area contributed by atoms with Crippen LogP contribution < -0.4 is 10.6 Å². The maximum absolute atomic E-state index is 11.6. The van der Waals surface area contributed by atoms with Gasteiger partial charge in [0.1, 0.15) is 11.6 Å². The molecular weight excluding hydrogens is 384 g/mol. The molecule has 1 heterocycles. The fraction of sp³-hybridized carbons (Fsp3) is 0.308. The Labute approximate surface area is 184 Å². The number of benzene rings is 2. The number of amides is 1. The first-order chi connectivity index (χ1) is 14.9. The number of anilines is 1. The molecule has 5 heteroatoms. The number of rotatable bonds is 8. The summed E-state index contributed by atoms with van der Waals surface area (Å²) >= 11 is 0. The van der Waals surface area contributed by atoms with E-state index in [-0.39, 0.29) is 5.57 Å². The van der Waals surface area contributed by atoms with Crippen molar-refractivity contribution in [2.75, 3.05) is 18.0 Å². The molecule has 2 N–H and O–H groups in total. The highest BCUT2D eigenvalue weighted by molar-refractivity contribution is 6.03. The quantitative estimate of drug-likeness (QED) is 0.404. The topological polar surface area (TPSA) is 75.1 Å². The van der Waals surface area contributed by atoms with Gasteiger partial charge in [0, 0.05) is 37.2 Å². The lowest BCUT2D eigenvalue weighted by Gasteiger charge is -2.24. The van der Waals surface area contributed by atoms with Crippen LogP contribution in [-0.2, 0) is 11.8 Å². The van der Waals surface area contributed by atoms with Crippen LogP contribution in [0.5, 0.6) is 0 Å². The zero-order valence-corrected chi connectivity index (χ0v) is 18.8. The van der Waals surface area contributed by atoms with Gasteiger partial charge >= 0.3 is 0 Å². The van der Waals surface area contributed by atoms with Gasteiger partial charge in [-0.1, -0.05) is 32.0 Å². The number of nitriles is 1. The van der Waals surface area contributed by atoms with E-state index in [4.69, 9.17) is 5.73 Å². The summed E-state index contributed by atoms with van der Waals surface area (Å²) in [5, 5.41) is 11.7. The average molecular weight is 415 g/mol. The number of hydrogen-bond acceptors (Lipinski definition) is 3. The van der Waals surface area contributed by atoms with Crippen molar-refractivity contribution in [2.45, 2.75) is 33.6 Å². The number of allylic oxidation sites excluding steroid dienone is 1. The Morgan fingerprint density at radius 3 is 2.29 bits per heavy atom. The fourth-order valence-corrected chi connectivity index (χ4v) is 4.13. The third-order valence-corrected chi connectivity index (χ3v) is 5.71. The number of nitrogens with two attached hydrogens (primary N) is 1. The molecule has 0 aliphatic carbocycles. The molecule has 0 fully saturated rings. The van der Waals surface area contributed by atoms with E-state index >= 15 is 0 Å². The molecule has 5 nitrogen and oxygen atoms in total. The first-order valence-electron chi connectivity index (χ1n) is 10.8. The van der Waals surface area contributed by atoms with E-state index < -0.39 is 5.91 Å². The van der Waals surface area contributed by atoms with Gasteiger partial charge < -0.3 is 15.2 Å². The van der Waals surface area contributed by atoms with Crippen LogP contribution in [0.2, 0.25) is 0 Å². The fourth-order valence-electron chi connectivity index (χ4n) is 4.13. The van der Waals surface area contributed by atoms with Gasteiger partial charge in [-0.05, 0) is 72.0 Å². The molecule has 0 bridgehead atoms. The highest BCUT2D eigenvalue weighted by Crippen LogP contribution is 2.30. The summed E-state index contributed by atoms with van der Waals surface area (Å²) in [5.41, 5.74) is 10.1. The van der Waals surface area contributed by atoms with Gasteiger partial charge in [-0.3, -0.25) is 4.79 Å². The Morgan fingerprint density at radius 1 is 1.03 bits per heavy atom. The molecule has 31 heavy (non-hydrogen) atoms. The summed E-state index contributed by atoms with van der Waals surface area (Å²) in [4.78, 5) is 14.0. The van der Waals surface area contributed by atoms with Crippen molar-refractivity contribution in [3.63, 3.8) is 0 Å². The molecule has 0 saturated heterocycles. The summed E-state index contributed by atoms with van der Waals surface area (Å²) in [6, 6.07) is 19.0. The van der Waals surface area contributed by atoms with Gasteiger partial charge in [0.25, 0.3) is 5.91 Å². The Balaban J connectivity index is 2.00. The van der Waals surface area contributed by atoms with Crippen molar-refractivity contribution in [1.82, 2.24) is 4.57 Å². The number of fused-ring (bicyclic) bond motifs is 1. The predicted octanol–water partition coefficient (Wildman–Crippen LogP) is 5.25. The van der Waals surface area contributed by atoms with E-state index in [1.165, 1.54) is 16.5 Å². The summed E-state index contributed by atoms with van der Waals surface area (Å²) in [7, 11) is 1.94. The Morgan fingerprint density at radius 2 is 1.68 bits per heavy atom. The predicted molar refractivity (Wildman–Crippen MR) is 129 cm³/mol. The second kappa shape index (κ2) is 9.53. The van der Waals surface area contributed by atoms with E-state index in [2.05, 4.69) is 55.1 Å². The number of carbonyl (C=O) groups is 1. The molecule has 2 aromatic carbocycles. The van der Waals surface area contributed by atoms with Crippen molar-refractivity contribution >= 4 is 27.9 Å². The van der Waals surface area contributed by atoms with Crippen LogP contribution in [0.3, 0.4) is 0 Å². The third-order valence-electron chi connectivity index (χ3n) is 5.71. The summed E-state index contributed by atoms with van der Waals surface area (Å²) in [5.74, 6) is -0.704. The van der Waals surface area contributed by atoms with Gasteiger partial charge in [0.15, 0.2) is 0 Å². The molecule has 0 atom stereocenters. The molecule has 0 spiro atoms. The average Bonchev–Trinajstić information content (AvgIpc) is 3.14. The monoisotopic (exact) mass is 414 g/mol. The van der Waals surface area contributed by atoms with Crippen LogP contribution >= 0.6 is 0 Å². The molecule has 160 valence electrons. The molecule has 1 aromatic heterocycles. The minimum atomic E-state index is -0.704. The van der Waals surface area contributed by atoms with Crippen molar-refractivity contribution in [2.24, 2.45) is 12.8 Å². The molecule has 0 saturated carbocycles. The van der Waals surface area contributed by atoms with Crippen molar-refractivity contribution in [1.29, 1.82) is 5.26 Å². The largest absolute Gasteiger partial charge is 0.372 e. The minimum absolute atomic E-state index is 0.0116. The number of primary amides is 1. The van der Waals surface area contributed by atoms with Crippen LogP contribution in [0, 0.1) is 11.3 Å². The molecule has 0 aliphatic rings. The van der Waals surface area contributed by atoms with Crippen LogP contribution in [-0.4, -0.2) is 23.6 Å². The lowest BCUT2D eigenvalue weighted by molar-refractivity contribution is -0.114. The molecule has 0 unspecified atom stereocenters. The van der Waals surface area contributed by atoms with E-state index in [0.717, 1.165) is 42.9 Å². The lowest BCUT2D eigenvalue weighted by Crippen LogP contribution is -2.24. The van der Waals surface area contributed by atoms with E-state index in [9.17, 15) is 10.1 Å². The van der Waals surface area contributed by atoms with Gasteiger partial charge in [0.05, 0.1) is 0 Å². The Bertz CT molecular complexity index is 1170. The van der Waals surface area contributed by atoms with Crippen molar-refractivity contribution in [3.05, 3.63) is 59.8 Å². The third kappa shape index (κ3) is 4.49. The number of nitrogens with zero attached hydrogens (tertiary/aromatic N) is 3. The molecule has 1 amide bonds.